The maximum atomic E-state index is 12.6. The first kappa shape index (κ1) is 13.9. The van der Waals surface area contributed by atoms with E-state index in [-0.39, 0.29) is 16.6 Å². The average Bonchev–Trinajstić information content (AvgIpc) is 2.47. The normalized spacial score (nSPS) is 23.8. The predicted octanol–water partition coefficient (Wildman–Crippen LogP) is 3.02. The van der Waals surface area contributed by atoms with E-state index in [9.17, 15) is 13.2 Å². The number of benzene rings is 1. The monoisotopic (exact) mass is 313 g/mol. The zero-order chi connectivity index (χ0) is 14.4. The highest BCUT2D eigenvalue weighted by atomic mass is 35.5. The zero-order valence-electron chi connectivity index (χ0n) is 11.0. The fourth-order valence-electron chi connectivity index (χ4n) is 3.22. The maximum Gasteiger partial charge on any atom is 0.231 e. The second-order valence-electron chi connectivity index (χ2n) is 5.69. The molecule has 1 fully saturated rings. The van der Waals surface area contributed by atoms with Crippen LogP contribution in [0.4, 0.5) is 5.69 Å². The molecule has 0 atom stereocenters. The molecule has 20 heavy (non-hydrogen) atoms. The van der Waals surface area contributed by atoms with Crippen LogP contribution in [0.3, 0.4) is 0 Å². The zero-order valence-corrected chi connectivity index (χ0v) is 12.6. The average molecular weight is 314 g/mol. The Labute approximate surface area is 123 Å². The summed E-state index contributed by atoms with van der Waals surface area (Å²) in [5, 5.41) is 3.15. The number of anilines is 1. The molecule has 1 heterocycles. The third-order valence-corrected chi connectivity index (χ3v) is 6.46. The van der Waals surface area contributed by atoms with Crippen LogP contribution in [0.2, 0.25) is 5.02 Å². The third kappa shape index (κ3) is 2.23. The Morgan fingerprint density at radius 2 is 1.85 bits per heavy atom. The van der Waals surface area contributed by atoms with Crippen LogP contribution in [0.15, 0.2) is 23.1 Å². The van der Waals surface area contributed by atoms with Crippen LogP contribution < -0.4 is 5.32 Å². The predicted molar refractivity (Wildman–Crippen MR) is 77.7 cm³/mol. The number of halogens is 1. The van der Waals surface area contributed by atoms with Gasteiger partial charge in [0.15, 0.2) is 9.84 Å². The van der Waals surface area contributed by atoms with Gasteiger partial charge in [-0.25, -0.2) is 8.42 Å². The van der Waals surface area contributed by atoms with Crippen LogP contribution in [0.25, 0.3) is 0 Å². The Bertz CT molecular complexity index is 663. The number of hydrogen-bond acceptors (Lipinski definition) is 3. The number of carbonyl (C=O) groups excluding carboxylic acids is 1. The minimum Gasteiger partial charge on any atom is -0.324 e. The Morgan fingerprint density at radius 3 is 2.55 bits per heavy atom. The van der Waals surface area contributed by atoms with Crippen LogP contribution in [0.5, 0.6) is 0 Å². The molecule has 108 valence electrons. The van der Waals surface area contributed by atoms with Crippen molar-refractivity contribution in [1.82, 2.24) is 0 Å². The van der Waals surface area contributed by atoms with E-state index in [1.165, 1.54) is 6.07 Å². The summed E-state index contributed by atoms with van der Waals surface area (Å²) in [6, 6.07) is 4.58. The van der Waals surface area contributed by atoms with E-state index < -0.39 is 15.3 Å². The summed E-state index contributed by atoms with van der Waals surface area (Å²) < 4.78 is 25.2. The Hall–Kier alpha value is -1.07. The standard InChI is InChI=1S/C14H16ClNO3S/c15-10-4-5-11-12(8-10)20(18,19)9-14(13(17)16-11)6-2-1-3-7-14/h4-5,8H,1-3,6-7,9H2,(H,16,17). The van der Waals surface area contributed by atoms with Crippen molar-refractivity contribution in [2.75, 3.05) is 11.1 Å². The summed E-state index contributed by atoms with van der Waals surface area (Å²) in [4.78, 5) is 12.7. The molecule has 1 N–H and O–H groups in total. The van der Waals surface area contributed by atoms with Crippen LogP contribution in [-0.2, 0) is 14.6 Å². The number of hydrogen-bond donors (Lipinski definition) is 1. The number of fused-ring (bicyclic) bond motifs is 1. The Kier molecular flexibility index (Phi) is 3.29. The van der Waals surface area contributed by atoms with Crippen molar-refractivity contribution in [2.24, 2.45) is 5.41 Å². The van der Waals surface area contributed by atoms with Gasteiger partial charge in [0.25, 0.3) is 0 Å². The highest BCUT2D eigenvalue weighted by molar-refractivity contribution is 7.91. The largest absolute Gasteiger partial charge is 0.324 e. The molecule has 0 saturated heterocycles. The molecule has 2 aliphatic rings. The summed E-state index contributed by atoms with van der Waals surface area (Å²) >= 11 is 5.89. The molecule has 0 unspecified atom stereocenters. The summed E-state index contributed by atoms with van der Waals surface area (Å²) in [5.74, 6) is -0.277. The molecule has 6 heteroatoms. The van der Waals surface area contributed by atoms with E-state index >= 15 is 0 Å². The van der Waals surface area contributed by atoms with Gasteiger partial charge in [-0.2, -0.15) is 0 Å². The highest BCUT2D eigenvalue weighted by Gasteiger charge is 2.46. The smallest absolute Gasteiger partial charge is 0.231 e. The molecule has 0 bridgehead atoms. The first-order chi connectivity index (χ1) is 9.43. The summed E-state index contributed by atoms with van der Waals surface area (Å²) in [6.45, 7) is 0. The molecule has 1 saturated carbocycles. The van der Waals surface area contributed by atoms with Gasteiger partial charge in [-0.15, -0.1) is 0 Å². The molecule has 1 aliphatic heterocycles. The van der Waals surface area contributed by atoms with Crippen LogP contribution in [0.1, 0.15) is 32.1 Å². The molecular weight excluding hydrogens is 298 g/mol. The van der Waals surface area contributed by atoms with E-state index in [1.807, 2.05) is 0 Å². The van der Waals surface area contributed by atoms with Crippen molar-refractivity contribution in [1.29, 1.82) is 0 Å². The van der Waals surface area contributed by atoms with Crippen molar-refractivity contribution in [2.45, 2.75) is 37.0 Å². The molecule has 3 rings (SSSR count). The quantitative estimate of drug-likeness (QED) is 0.800. The summed E-state index contributed by atoms with van der Waals surface area (Å²) in [5.41, 5.74) is -0.426. The third-order valence-electron chi connectivity index (χ3n) is 4.29. The van der Waals surface area contributed by atoms with E-state index in [1.54, 1.807) is 12.1 Å². The lowest BCUT2D eigenvalue weighted by Crippen LogP contribution is -2.41. The topological polar surface area (TPSA) is 63.2 Å². The van der Waals surface area contributed by atoms with E-state index in [4.69, 9.17) is 11.6 Å². The molecule has 0 radical (unpaired) electrons. The lowest BCUT2D eigenvalue weighted by atomic mass is 9.75. The molecule has 1 spiro atoms. The molecule has 1 aromatic carbocycles. The second-order valence-corrected chi connectivity index (χ2v) is 8.09. The number of sulfone groups is 1. The summed E-state index contributed by atoms with van der Waals surface area (Å²) in [6.07, 6.45) is 4.15. The van der Waals surface area contributed by atoms with Crippen LogP contribution in [-0.4, -0.2) is 20.1 Å². The van der Waals surface area contributed by atoms with Gasteiger partial charge < -0.3 is 5.32 Å². The van der Waals surface area contributed by atoms with Crippen LogP contribution >= 0.6 is 11.6 Å². The van der Waals surface area contributed by atoms with E-state index in [0.29, 0.717) is 23.6 Å². The Balaban J connectivity index is 2.12. The number of nitrogens with one attached hydrogen (secondary N) is 1. The van der Waals surface area contributed by atoms with E-state index in [2.05, 4.69) is 5.32 Å². The van der Waals surface area contributed by atoms with Crippen molar-refractivity contribution >= 4 is 33.0 Å². The lowest BCUT2D eigenvalue weighted by molar-refractivity contribution is -0.126. The van der Waals surface area contributed by atoms with Gasteiger partial charge in [0.1, 0.15) is 0 Å². The molecule has 0 aromatic heterocycles. The first-order valence-corrected chi connectivity index (χ1v) is 8.80. The van der Waals surface area contributed by atoms with Gasteiger partial charge in [0.05, 0.1) is 21.8 Å². The minimum absolute atomic E-state index is 0.112. The van der Waals surface area contributed by atoms with E-state index in [0.717, 1.165) is 19.3 Å². The van der Waals surface area contributed by atoms with Gasteiger partial charge in [-0.1, -0.05) is 30.9 Å². The van der Waals surface area contributed by atoms with Gasteiger partial charge in [-0.05, 0) is 31.0 Å². The molecule has 1 aromatic rings. The van der Waals surface area contributed by atoms with Gasteiger partial charge >= 0.3 is 0 Å². The van der Waals surface area contributed by atoms with Crippen molar-refractivity contribution < 1.29 is 13.2 Å². The first-order valence-electron chi connectivity index (χ1n) is 6.77. The number of rotatable bonds is 0. The Morgan fingerprint density at radius 1 is 1.15 bits per heavy atom. The van der Waals surface area contributed by atoms with Crippen LogP contribution in [0, 0.1) is 5.41 Å². The lowest BCUT2D eigenvalue weighted by Gasteiger charge is -2.33. The molecule has 4 nitrogen and oxygen atoms in total. The van der Waals surface area contributed by atoms with Crippen molar-refractivity contribution in [3.05, 3.63) is 23.2 Å². The molecule has 1 aliphatic carbocycles. The molecule has 1 amide bonds. The number of amides is 1. The van der Waals surface area contributed by atoms with Gasteiger partial charge in [-0.3, -0.25) is 4.79 Å². The molecular formula is C14H16ClNO3S. The fourth-order valence-corrected chi connectivity index (χ4v) is 5.52. The van der Waals surface area contributed by atoms with Gasteiger partial charge in [0.2, 0.25) is 5.91 Å². The summed E-state index contributed by atoms with van der Waals surface area (Å²) in [7, 11) is -3.51. The maximum absolute atomic E-state index is 12.6. The van der Waals surface area contributed by atoms with Crippen molar-refractivity contribution in [3.63, 3.8) is 0 Å². The number of carbonyl (C=O) groups is 1. The SMILES string of the molecule is O=C1Nc2ccc(Cl)cc2S(=O)(=O)CC12CCCCC2. The second kappa shape index (κ2) is 4.74. The highest BCUT2D eigenvalue weighted by Crippen LogP contribution is 2.43. The van der Waals surface area contributed by atoms with Crippen molar-refractivity contribution in [3.8, 4) is 0 Å². The minimum atomic E-state index is -3.51. The fraction of sp³-hybridized carbons (Fsp3) is 0.500. The van der Waals surface area contributed by atoms with Gasteiger partial charge in [0, 0.05) is 5.02 Å².